The van der Waals surface area contributed by atoms with E-state index in [9.17, 15) is 0 Å². The van der Waals surface area contributed by atoms with Gasteiger partial charge in [-0.15, -0.1) is 23.1 Å². The van der Waals surface area contributed by atoms with Crippen LogP contribution in [0.15, 0.2) is 34.5 Å². The number of hydrogen-bond donors (Lipinski definition) is 1. The molecule has 76 valence electrons. The van der Waals surface area contributed by atoms with Gasteiger partial charge in [-0.3, -0.25) is 0 Å². The lowest BCUT2D eigenvalue weighted by Gasteiger charge is -2.02. The Kier molecular flexibility index (Phi) is 2.18. The minimum absolute atomic E-state index is 0.455. The summed E-state index contributed by atoms with van der Waals surface area (Å²) in [4.78, 5) is 5.73. The molecular formula is C11H10N2S2. The van der Waals surface area contributed by atoms with Crippen LogP contribution in [0.3, 0.4) is 0 Å². The molecule has 0 aliphatic carbocycles. The highest BCUT2D eigenvalue weighted by Gasteiger charge is 2.24. The molecule has 0 fully saturated rings. The number of anilines is 1. The number of aromatic nitrogens is 1. The average Bonchev–Trinajstić information content (AvgIpc) is 2.82. The van der Waals surface area contributed by atoms with E-state index in [-0.39, 0.29) is 0 Å². The van der Waals surface area contributed by atoms with Crippen LogP contribution in [0.1, 0.15) is 16.5 Å². The maximum Gasteiger partial charge on any atom is 0.180 e. The lowest BCUT2D eigenvalue weighted by atomic mass is 10.1. The maximum atomic E-state index is 5.65. The Balaban J connectivity index is 1.90. The predicted octanol–water partition coefficient (Wildman–Crippen LogP) is 3.11. The van der Waals surface area contributed by atoms with Gasteiger partial charge in [0.15, 0.2) is 5.13 Å². The lowest BCUT2D eigenvalue weighted by Crippen LogP contribution is -1.93. The first-order valence-electron chi connectivity index (χ1n) is 4.78. The highest BCUT2D eigenvalue weighted by molar-refractivity contribution is 7.99. The number of nitrogen functional groups attached to an aromatic ring is 1. The Morgan fingerprint density at radius 2 is 2.20 bits per heavy atom. The van der Waals surface area contributed by atoms with Crippen molar-refractivity contribution in [1.29, 1.82) is 0 Å². The normalized spacial score (nSPS) is 19.1. The molecule has 15 heavy (non-hydrogen) atoms. The Morgan fingerprint density at radius 3 is 2.93 bits per heavy atom. The highest BCUT2D eigenvalue weighted by atomic mass is 32.2. The number of nitrogens with zero attached hydrogens (tertiary/aromatic N) is 1. The zero-order valence-corrected chi connectivity index (χ0v) is 9.65. The summed E-state index contributed by atoms with van der Waals surface area (Å²) >= 11 is 3.41. The van der Waals surface area contributed by atoms with Gasteiger partial charge in [0, 0.05) is 10.3 Å². The van der Waals surface area contributed by atoms with Crippen molar-refractivity contribution in [3.8, 4) is 0 Å². The summed E-state index contributed by atoms with van der Waals surface area (Å²) in [5.74, 6) is 0. The molecule has 0 saturated carbocycles. The monoisotopic (exact) mass is 234 g/mol. The zero-order valence-electron chi connectivity index (χ0n) is 8.01. The topological polar surface area (TPSA) is 38.9 Å². The van der Waals surface area contributed by atoms with Gasteiger partial charge >= 0.3 is 0 Å². The first kappa shape index (κ1) is 9.24. The summed E-state index contributed by atoms with van der Waals surface area (Å²) in [5, 5.41) is 3.19. The van der Waals surface area contributed by atoms with Crippen molar-refractivity contribution >= 4 is 28.2 Å². The summed E-state index contributed by atoms with van der Waals surface area (Å²) in [7, 11) is 0. The van der Waals surface area contributed by atoms with E-state index in [0.29, 0.717) is 10.4 Å². The molecular weight excluding hydrogens is 224 g/mol. The van der Waals surface area contributed by atoms with E-state index >= 15 is 0 Å². The summed E-state index contributed by atoms with van der Waals surface area (Å²) in [5.41, 5.74) is 8.20. The fourth-order valence-corrected chi connectivity index (χ4v) is 3.77. The Hall–Kier alpha value is -1.000. The highest BCUT2D eigenvalue weighted by Crippen LogP contribution is 2.46. The van der Waals surface area contributed by atoms with Gasteiger partial charge in [0.2, 0.25) is 0 Å². The first-order chi connectivity index (χ1) is 7.33. The van der Waals surface area contributed by atoms with Crippen LogP contribution in [0.4, 0.5) is 5.13 Å². The summed E-state index contributed by atoms with van der Waals surface area (Å²) in [6.45, 7) is 0. The van der Waals surface area contributed by atoms with Crippen molar-refractivity contribution in [3.05, 3.63) is 40.9 Å². The van der Waals surface area contributed by atoms with E-state index in [2.05, 4.69) is 34.6 Å². The maximum absolute atomic E-state index is 5.65. The van der Waals surface area contributed by atoms with Crippen LogP contribution in [0.2, 0.25) is 0 Å². The summed E-state index contributed by atoms with van der Waals surface area (Å²) in [6, 6.07) is 8.55. The molecule has 2 heterocycles. The number of rotatable bonds is 1. The minimum Gasteiger partial charge on any atom is -0.375 e. The largest absolute Gasteiger partial charge is 0.375 e. The van der Waals surface area contributed by atoms with Crippen LogP contribution >= 0.6 is 23.1 Å². The molecule has 2 nitrogen and oxygen atoms in total. The predicted molar refractivity (Wildman–Crippen MR) is 65.3 cm³/mol. The fourth-order valence-electron chi connectivity index (χ4n) is 1.80. The van der Waals surface area contributed by atoms with Gasteiger partial charge in [-0.25, -0.2) is 4.98 Å². The van der Waals surface area contributed by atoms with Crippen LogP contribution < -0.4 is 5.73 Å². The summed E-state index contributed by atoms with van der Waals surface area (Å²) < 4.78 is 0. The van der Waals surface area contributed by atoms with Crippen molar-refractivity contribution in [2.75, 3.05) is 5.73 Å². The van der Waals surface area contributed by atoms with Crippen molar-refractivity contribution < 1.29 is 0 Å². The molecule has 0 amide bonds. The second kappa shape index (κ2) is 3.54. The van der Waals surface area contributed by atoms with Gasteiger partial charge in [-0.1, -0.05) is 18.2 Å². The molecule has 0 bridgehead atoms. The molecule has 2 N–H and O–H groups in total. The Labute approximate surface area is 96.5 Å². The number of benzene rings is 1. The third-order valence-electron chi connectivity index (χ3n) is 2.52. The van der Waals surface area contributed by atoms with E-state index in [1.165, 1.54) is 21.8 Å². The van der Waals surface area contributed by atoms with Gasteiger partial charge < -0.3 is 5.73 Å². The second-order valence-electron chi connectivity index (χ2n) is 3.53. The van der Waals surface area contributed by atoms with E-state index < -0.39 is 0 Å². The fraction of sp³-hybridized carbons (Fsp3) is 0.182. The summed E-state index contributed by atoms with van der Waals surface area (Å²) in [6.07, 6.45) is 1.07. The van der Waals surface area contributed by atoms with Gasteiger partial charge in [0.25, 0.3) is 0 Å². The van der Waals surface area contributed by atoms with Gasteiger partial charge in [-0.05, 0) is 18.1 Å². The molecule has 3 rings (SSSR count). The Morgan fingerprint density at radius 1 is 1.33 bits per heavy atom. The van der Waals surface area contributed by atoms with E-state index in [1.807, 2.05) is 11.8 Å². The van der Waals surface area contributed by atoms with Crippen molar-refractivity contribution in [1.82, 2.24) is 4.98 Å². The number of nitrogens with two attached hydrogens (primary N) is 1. The minimum atomic E-state index is 0.455. The van der Waals surface area contributed by atoms with Crippen LogP contribution in [0.5, 0.6) is 0 Å². The zero-order chi connectivity index (χ0) is 10.3. The molecule has 0 saturated heterocycles. The molecule has 0 spiro atoms. The van der Waals surface area contributed by atoms with Crippen molar-refractivity contribution in [2.45, 2.75) is 16.6 Å². The quantitative estimate of drug-likeness (QED) is 0.824. The van der Waals surface area contributed by atoms with Gasteiger partial charge in [0.1, 0.15) is 0 Å². The van der Waals surface area contributed by atoms with Crippen LogP contribution in [0.25, 0.3) is 0 Å². The van der Waals surface area contributed by atoms with E-state index in [0.717, 1.165) is 12.1 Å². The molecule has 2 aromatic rings. The molecule has 1 aliphatic heterocycles. The smallest absolute Gasteiger partial charge is 0.180 e. The number of hydrogen-bond acceptors (Lipinski definition) is 4. The lowest BCUT2D eigenvalue weighted by molar-refractivity contribution is 0.918. The standard InChI is InChI=1S/C11H10N2S2/c12-11-13-8(6-14-11)10-5-7-3-1-2-4-9(7)15-10/h1-4,6,10H,5H2,(H2,12,13). The first-order valence-corrected chi connectivity index (χ1v) is 6.54. The number of thioether (sulfide) groups is 1. The molecule has 1 atom stereocenters. The van der Waals surface area contributed by atoms with Crippen molar-refractivity contribution in [2.24, 2.45) is 0 Å². The SMILES string of the molecule is Nc1nc(C2Cc3ccccc3S2)cs1. The van der Waals surface area contributed by atoms with E-state index in [4.69, 9.17) is 5.73 Å². The van der Waals surface area contributed by atoms with Gasteiger partial charge in [0.05, 0.1) is 10.9 Å². The second-order valence-corrected chi connectivity index (χ2v) is 5.66. The van der Waals surface area contributed by atoms with Crippen LogP contribution in [-0.2, 0) is 6.42 Å². The van der Waals surface area contributed by atoms with Crippen LogP contribution in [0, 0.1) is 0 Å². The molecule has 1 aromatic heterocycles. The Bertz CT molecular complexity index is 468. The molecule has 1 aliphatic rings. The van der Waals surface area contributed by atoms with Crippen LogP contribution in [-0.4, -0.2) is 4.98 Å². The van der Waals surface area contributed by atoms with Crippen molar-refractivity contribution in [3.63, 3.8) is 0 Å². The number of fused-ring (bicyclic) bond motifs is 1. The molecule has 1 unspecified atom stereocenters. The molecule has 4 heteroatoms. The van der Waals surface area contributed by atoms with E-state index in [1.54, 1.807) is 0 Å². The van der Waals surface area contributed by atoms with Gasteiger partial charge in [-0.2, -0.15) is 0 Å². The third kappa shape index (κ3) is 1.64. The average molecular weight is 234 g/mol. The molecule has 1 aromatic carbocycles. The molecule has 0 radical (unpaired) electrons. The third-order valence-corrected chi connectivity index (χ3v) is 4.55. The number of thiazole rings is 1.